The van der Waals surface area contributed by atoms with Crippen LogP contribution in [0.1, 0.15) is 59.8 Å². The lowest BCUT2D eigenvalue weighted by atomic mass is 9.75. The van der Waals surface area contributed by atoms with Crippen molar-refractivity contribution in [3.8, 4) is 0 Å². The second kappa shape index (κ2) is 8.19. The molecule has 19 heavy (non-hydrogen) atoms. The molecular weight excluding hydrogens is 236 g/mol. The third-order valence-corrected chi connectivity index (χ3v) is 3.29. The molecule has 0 aliphatic heterocycles. The minimum Gasteiger partial charge on any atom is -0.465 e. The Hall–Kier alpha value is -1.05. The lowest BCUT2D eigenvalue weighted by Crippen LogP contribution is -2.31. The molecule has 110 valence electrons. The summed E-state index contributed by atoms with van der Waals surface area (Å²) in [5, 5.41) is 0. The van der Waals surface area contributed by atoms with Gasteiger partial charge in [0.25, 0.3) is 0 Å². The Labute approximate surface area is 118 Å². The number of carbonyl (C=O) groups excluding carboxylic acids is 1. The van der Waals surface area contributed by atoms with Crippen LogP contribution in [-0.4, -0.2) is 12.6 Å². The first kappa shape index (κ1) is 17.9. The van der Waals surface area contributed by atoms with Crippen molar-refractivity contribution < 1.29 is 9.53 Å². The summed E-state index contributed by atoms with van der Waals surface area (Å²) in [7, 11) is 0. The summed E-state index contributed by atoms with van der Waals surface area (Å²) in [6, 6.07) is 0. The molecule has 0 spiro atoms. The maximum Gasteiger partial charge on any atom is 0.311 e. The molecule has 0 atom stereocenters. The van der Waals surface area contributed by atoms with E-state index in [4.69, 9.17) is 4.74 Å². The summed E-state index contributed by atoms with van der Waals surface area (Å²) in [6.07, 6.45) is 8.74. The van der Waals surface area contributed by atoms with Crippen LogP contribution in [0.5, 0.6) is 0 Å². The third-order valence-electron chi connectivity index (χ3n) is 3.29. The maximum absolute atomic E-state index is 12.1. The minimum absolute atomic E-state index is 0.0491. The number of carbonyl (C=O) groups is 1. The van der Waals surface area contributed by atoms with E-state index in [-0.39, 0.29) is 11.4 Å². The van der Waals surface area contributed by atoms with Crippen molar-refractivity contribution in [1.82, 2.24) is 0 Å². The van der Waals surface area contributed by atoms with Crippen molar-refractivity contribution in [1.29, 1.82) is 0 Å². The van der Waals surface area contributed by atoms with Gasteiger partial charge >= 0.3 is 5.97 Å². The summed E-state index contributed by atoms with van der Waals surface area (Å²) in [5.74, 6) is -0.105. The van der Waals surface area contributed by atoms with Crippen LogP contribution in [0.15, 0.2) is 25.3 Å². The number of esters is 1. The number of allylic oxidation sites excluding steroid dienone is 2. The van der Waals surface area contributed by atoms with Gasteiger partial charge in [0, 0.05) is 0 Å². The molecule has 0 N–H and O–H groups in total. The van der Waals surface area contributed by atoms with Gasteiger partial charge in [-0.3, -0.25) is 4.79 Å². The molecule has 0 unspecified atom stereocenters. The monoisotopic (exact) mass is 266 g/mol. The van der Waals surface area contributed by atoms with Gasteiger partial charge in [0.15, 0.2) is 0 Å². The van der Waals surface area contributed by atoms with Gasteiger partial charge in [0.2, 0.25) is 0 Å². The molecule has 0 radical (unpaired) electrons. The molecule has 2 heteroatoms. The summed E-state index contributed by atoms with van der Waals surface area (Å²) < 4.78 is 5.38. The van der Waals surface area contributed by atoms with E-state index in [1.54, 1.807) is 0 Å². The smallest absolute Gasteiger partial charge is 0.311 e. The van der Waals surface area contributed by atoms with Crippen molar-refractivity contribution in [3.05, 3.63) is 25.3 Å². The highest BCUT2D eigenvalue weighted by atomic mass is 16.5. The van der Waals surface area contributed by atoms with Crippen LogP contribution in [-0.2, 0) is 9.53 Å². The molecular formula is C17H30O2. The summed E-state index contributed by atoms with van der Waals surface area (Å²) in [4.78, 5) is 12.1. The Morgan fingerprint density at radius 2 is 1.74 bits per heavy atom. The van der Waals surface area contributed by atoms with Gasteiger partial charge in [-0.15, -0.1) is 13.2 Å². The fourth-order valence-corrected chi connectivity index (χ4v) is 2.21. The number of hydrogen-bond donors (Lipinski definition) is 0. The molecule has 0 amide bonds. The fourth-order valence-electron chi connectivity index (χ4n) is 2.21. The zero-order valence-electron chi connectivity index (χ0n) is 13.1. The van der Waals surface area contributed by atoms with E-state index in [9.17, 15) is 4.79 Å². The van der Waals surface area contributed by atoms with Gasteiger partial charge in [0.1, 0.15) is 0 Å². The van der Waals surface area contributed by atoms with Crippen LogP contribution in [0, 0.1) is 10.8 Å². The first-order valence-corrected chi connectivity index (χ1v) is 7.17. The standard InChI is InChI=1S/C17H30O2/c1-7-9-10-11-12-13-19-15(18)17(5,6)14-16(3,4)8-2/h7-8H,1-2,9-14H2,3-6H3. The molecule has 0 aromatic heterocycles. The Bertz CT molecular complexity index is 300. The van der Waals surface area contributed by atoms with Crippen molar-refractivity contribution in [2.24, 2.45) is 10.8 Å². The molecule has 0 bridgehead atoms. The molecule has 0 rings (SSSR count). The quantitative estimate of drug-likeness (QED) is 0.319. The van der Waals surface area contributed by atoms with E-state index in [0.717, 1.165) is 32.1 Å². The van der Waals surface area contributed by atoms with Crippen LogP contribution in [0.25, 0.3) is 0 Å². The molecule has 0 aromatic rings. The van der Waals surface area contributed by atoms with E-state index >= 15 is 0 Å². The first-order chi connectivity index (χ1) is 8.75. The zero-order chi connectivity index (χ0) is 14.9. The normalized spacial score (nSPS) is 12.0. The molecule has 0 saturated carbocycles. The van der Waals surface area contributed by atoms with E-state index in [0.29, 0.717) is 6.61 Å². The van der Waals surface area contributed by atoms with Crippen molar-refractivity contribution in [2.45, 2.75) is 59.8 Å². The summed E-state index contributed by atoms with van der Waals surface area (Å²) in [6.45, 7) is 16.1. The van der Waals surface area contributed by atoms with Crippen LogP contribution in [0.3, 0.4) is 0 Å². The Balaban J connectivity index is 4.04. The molecule has 2 nitrogen and oxygen atoms in total. The lowest BCUT2D eigenvalue weighted by Gasteiger charge is -2.30. The van der Waals surface area contributed by atoms with Crippen molar-refractivity contribution in [2.75, 3.05) is 6.61 Å². The van der Waals surface area contributed by atoms with Crippen LogP contribution in [0.2, 0.25) is 0 Å². The van der Waals surface area contributed by atoms with Crippen LogP contribution >= 0.6 is 0 Å². The Kier molecular flexibility index (Phi) is 7.73. The van der Waals surface area contributed by atoms with Crippen LogP contribution < -0.4 is 0 Å². The van der Waals surface area contributed by atoms with Gasteiger partial charge in [-0.05, 0) is 51.4 Å². The van der Waals surface area contributed by atoms with Crippen molar-refractivity contribution >= 4 is 5.97 Å². The number of rotatable bonds is 10. The maximum atomic E-state index is 12.1. The summed E-state index contributed by atoms with van der Waals surface area (Å²) in [5.41, 5.74) is -0.509. The van der Waals surface area contributed by atoms with Gasteiger partial charge in [-0.2, -0.15) is 0 Å². The minimum atomic E-state index is -0.460. The number of hydrogen-bond acceptors (Lipinski definition) is 2. The van der Waals surface area contributed by atoms with Gasteiger partial charge in [0.05, 0.1) is 12.0 Å². The highest BCUT2D eigenvalue weighted by Gasteiger charge is 2.34. The Morgan fingerprint density at radius 1 is 1.11 bits per heavy atom. The molecule has 0 saturated heterocycles. The van der Waals surface area contributed by atoms with Gasteiger partial charge < -0.3 is 4.74 Å². The first-order valence-electron chi connectivity index (χ1n) is 7.17. The van der Waals surface area contributed by atoms with E-state index in [1.165, 1.54) is 0 Å². The number of ether oxygens (including phenoxy) is 1. The Morgan fingerprint density at radius 3 is 2.26 bits per heavy atom. The second-order valence-electron chi connectivity index (χ2n) is 6.53. The highest BCUT2D eigenvalue weighted by Crippen LogP contribution is 2.35. The van der Waals surface area contributed by atoms with Crippen molar-refractivity contribution in [3.63, 3.8) is 0 Å². The largest absolute Gasteiger partial charge is 0.465 e. The molecule has 0 aliphatic rings. The highest BCUT2D eigenvalue weighted by molar-refractivity contribution is 5.76. The molecule has 0 heterocycles. The molecule has 0 aliphatic carbocycles. The van der Waals surface area contributed by atoms with Gasteiger partial charge in [-0.25, -0.2) is 0 Å². The predicted molar refractivity (Wildman–Crippen MR) is 82.0 cm³/mol. The predicted octanol–water partition coefficient (Wildman–Crippen LogP) is 4.90. The van der Waals surface area contributed by atoms with Crippen LogP contribution in [0.4, 0.5) is 0 Å². The molecule has 0 aromatic carbocycles. The lowest BCUT2D eigenvalue weighted by molar-refractivity contribution is -0.155. The zero-order valence-corrected chi connectivity index (χ0v) is 13.1. The SMILES string of the molecule is C=CCCCCCOC(=O)C(C)(C)CC(C)(C)C=C. The van der Waals surface area contributed by atoms with E-state index in [1.807, 2.05) is 26.0 Å². The number of unbranched alkanes of at least 4 members (excludes halogenated alkanes) is 3. The van der Waals surface area contributed by atoms with E-state index in [2.05, 4.69) is 27.0 Å². The third kappa shape index (κ3) is 7.86. The molecule has 0 fully saturated rings. The average Bonchev–Trinajstić information content (AvgIpc) is 2.32. The fraction of sp³-hybridized carbons (Fsp3) is 0.706. The average molecular weight is 266 g/mol. The van der Waals surface area contributed by atoms with E-state index < -0.39 is 5.41 Å². The second-order valence-corrected chi connectivity index (χ2v) is 6.53. The summed E-state index contributed by atoms with van der Waals surface area (Å²) >= 11 is 0. The van der Waals surface area contributed by atoms with Gasteiger partial charge in [-0.1, -0.05) is 26.0 Å². The topological polar surface area (TPSA) is 26.3 Å².